The van der Waals surface area contributed by atoms with Gasteiger partial charge in [0.1, 0.15) is 5.69 Å². The minimum atomic E-state index is -0.804. The Morgan fingerprint density at radius 3 is 2.54 bits per heavy atom. The van der Waals surface area contributed by atoms with Gasteiger partial charge in [-0.1, -0.05) is 60.7 Å². The van der Waals surface area contributed by atoms with Crippen LogP contribution in [0.4, 0.5) is 5.69 Å². The van der Waals surface area contributed by atoms with E-state index in [1.54, 1.807) is 24.3 Å². The Bertz CT molecular complexity index is 1520. The zero-order chi connectivity index (χ0) is 25.5. The fourth-order valence-electron chi connectivity index (χ4n) is 5.17. The standard InChI is InChI=1S/C31H27N3O3/c1-19-12-13-23-25(16-19)37-26-17-24(32-14-15-34(2)18-20-8-4-3-5-9-20)27-28(29(26)33-23)31(36)22-11-7-6-10-21(22)30(27)35/h3-13,16-17,28,32H,14-15,18H2,1-2H3. The molecular formula is C31H27N3O3. The molecule has 1 atom stereocenters. The van der Waals surface area contributed by atoms with Crippen LogP contribution in [0.2, 0.25) is 0 Å². The summed E-state index contributed by atoms with van der Waals surface area (Å²) in [6.45, 7) is 4.17. The summed E-state index contributed by atoms with van der Waals surface area (Å²) in [5, 5.41) is 3.44. The number of rotatable bonds is 6. The Morgan fingerprint density at radius 1 is 0.973 bits per heavy atom. The van der Waals surface area contributed by atoms with Crippen molar-refractivity contribution in [3.05, 3.63) is 118 Å². The Balaban J connectivity index is 1.34. The number of Topliss-reactive ketones (excluding diaryl/α,β-unsaturated/α-hetero) is 2. The first-order valence-electron chi connectivity index (χ1n) is 12.5. The number of likely N-dealkylation sites (N-methyl/N-ethyl adjacent to an activating group) is 1. The van der Waals surface area contributed by atoms with E-state index in [1.807, 2.05) is 49.4 Å². The first kappa shape index (κ1) is 23.1. The van der Waals surface area contributed by atoms with Crippen molar-refractivity contribution in [1.82, 2.24) is 10.2 Å². The minimum absolute atomic E-state index is 0.130. The van der Waals surface area contributed by atoms with Crippen molar-refractivity contribution < 1.29 is 14.3 Å². The van der Waals surface area contributed by atoms with Gasteiger partial charge in [-0.05, 0) is 37.2 Å². The van der Waals surface area contributed by atoms with E-state index in [0.717, 1.165) is 18.7 Å². The smallest absolute Gasteiger partial charge is 0.192 e. The average molecular weight is 490 g/mol. The number of ketones is 2. The lowest BCUT2D eigenvalue weighted by atomic mass is 9.72. The van der Waals surface area contributed by atoms with E-state index in [2.05, 4.69) is 29.4 Å². The van der Waals surface area contributed by atoms with Crippen LogP contribution in [0.15, 0.2) is 101 Å². The molecule has 1 aliphatic heterocycles. The summed E-state index contributed by atoms with van der Waals surface area (Å²) in [5.74, 6) is 0.0755. The van der Waals surface area contributed by atoms with Crippen LogP contribution < -0.4 is 10.1 Å². The molecule has 0 radical (unpaired) electrons. The maximum absolute atomic E-state index is 13.8. The molecule has 6 heteroatoms. The van der Waals surface area contributed by atoms with Crippen LogP contribution in [0, 0.1) is 12.8 Å². The molecule has 2 aliphatic carbocycles. The second-order valence-corrected chi connectivity index (χ2v) is 9.73. The highest BCUT2D eigenvalue weighted by Crippen LogP contribution is 2.43. The van der Waals surface area contributed by atoms with E-state index in [-0.39, 0.29) is 11.6 Å². The SMILES string of the molecule is Cc1ccc2c(c1)OC1=CC(NCCN(C)Cc3ccccc3)=C3C(=O)c4ccccc4C(=O)C3C1=N2. The molecule has 37 heavy (non-hydrogen) atoms. The van der Waals surface area contributed by atoms with Crippen molar-refractivity contribution in [2.24, 2.45) is 10.9 Å². The lowest BCUT2D eigenvalue weighted by Crippen LogP contribution is -2.42. The van der Waals surface area contributed by atoms with Crippen molar-refractivity contribution in [3.63, 3.8) is 0 Å². The largest absolute Gasteiger partial charge is 0.453 e. The minimum Gasteiger partial charge on any atom is -0.453 e. The second kappa shape index (κ2) is 9.30. The Kier molecular flexibility index (Phi) is 5.81. The fraction of sp³-hybridized carbons (Fsp3) is 0.194. The maximum atomic E-state index is 13.8. The number of aliphatic imine (C=N–C) groups is 1. The van der Waals surface area contributed by atoms with Crippen LogP contribution in [-0.2, 0) is 6.54 Å². The van der Waals surface area contributed by atoms with Gasteiger partial charge in [0.2, 0.25) is 0 Å². The molecule has 1 unspecified atom stereocenters. The molecule has 1 heterocycles. The average Bonchev–Trinajstić information content (AvgIpc) is 2.90. The number of fused-ring (bicyclic) bond motifs is 5. The lowest BCUT2D eigenvalue weighted by Gasteiger charge is -2.34. The van der Waals surface area contributed by atoms with Crippen molar-refractivity contribution in [2.45, 2.75) is 13.5 Å². The number of hydrogen-bond acceptors (Lipinski definition) is 6. The molecule has 0 aromatic heterocycles. The molecule has 3 aromatic rings. The van der Waals surface area contributed by atoms with E-state index in [9.17, 15) is 9.59 Å². The van der Waals surface area contributed by atoms with Gasteiger partial charge in [0.15, 0.2) is 23.1 Å². The molecular weight excluding hydrogens is 462 g/mol. The normalized spacial score (nSPS) is 17.8. The van der Waals surface area contributed by atoms with Crippen LogP contribution in [0.3, 0.4) is 0 Å². The first-order valence-corrected chi connectivity index (χ1v) is 12.5. The summed E-state index contributed by atoms with van der Waals surface area (Å²) in [7, 11) is 2.06. The molecule has 184 valence electrons. The topological polar surface area (TPSA) is 71.0 Å². The highest BCUT2D eigenvalue weighted by atomic mass is 16.5. The fourth-order valence-corrected chi connectivity index (χ4v) is 5.17. The summed E-state index contributed by atoms with van der Waals surface area (Å²) in [4.78, 5) is 34.5. The molecule has 0 spiro atoms. The molecule has 3 aliphatic rings. The van der Waals surface area contributed by atoms with E-state index in [0.29, 0.717) is 51.8 Å². The summed E-state index contributed by atoms with van der Waals surface area (Å²) < 4.78 is 6.26. The number of allylic oxidation sites excluding steroid dienone is 3. The van der Waals surface area contributed by atoms with Gasteiger partial charge in [0, 0.05) is 48.1 Å². The molecule has 0 bridgehead atoms. The van der Waals surface area contributed by atoms with Crippen LogP contribution in [-0.4, -0.2) is 42.3 Å². The molecule has 0 fully saturated rings. The van der Waals surface area contributed by atoms with Crippen molar-refractivity contribution in [2.75, 3.05) is 20.1 Å². The van der Waals surface area contributed by atoms with Gasteiger partial charge in [-0.2, -0.15) is 0 Å². The van der Waals surface area contributed by atoms with Gasteiger partial charge in [-0.25, -0.2) is 4.99 Å². The van der Waals surface area contributed by atoms with Gasteiger partial charge in [-0.3, -0.25) is 9.59 Å². The van der Waals surface area contributed by atoms with Crippen LogP contribution in [0.1, 0.15) is 31.8 Å². The van der Waals surface area contributed by atoms with Crippen LogP contribution in [0.5, 0.6) is 5.75 Å². The Morgan fingerprint density at radius 2 is 1.73 bits per heavy atom. The molecule has 0 amide bonds. The molecule has 6 rings (SSSR count). The van der Waals surface area contributed by atoms with Gasteiger partial charge >= 0.3 is 0 Å². The van der Waals surface area contributed by atoms with E-state index < -0.39 is 5.92 Å². The number of ether oxygens (including phenoxy) is 1. The third-order valence-corrected chi connectivity index (χ3v) is 7.00. The third kappa shape index (κ3) is 4.19. The zero-order valence-electron chi connectivity index (χ0n) is 20.8. The predicted molar refractivity (Wildman–Crippen MR) is 143 cm³/mol. The molecule has 3 aromatic carbocycles. The molecule has 0 saturated heterocycles. The lowest BCUT2D eigenvalue weighted by molar-refractivity contribution is 0.0908. The Labute approximate surface area is 216 Å². The highest BCUT2D eigenvalue weighted by Gasteiger charge is 2.46. The molecule has 0 saturated carbocycles. The third-order valence-electron chi connectivity index (χ3n) is 7.00. The number of hydrogen-bond donors (Lipinski definition) is 1. The van der Waals surface area contributed by atoms with Crippen LogP contribution >= 0.6 is 0 Å². The monoisotopic (exact) mass is 489 g/mol. The quantitative estimate of drug-likeness (QED) is 0.526. The van der Waals surface area contributed by atoms with Gasteiger partial charge in [0.05, 0.1) is 11.6 Å². The molecule has 6 nitrogen and oxygen atoms in total. The predicted octanol–water partition coefficient (Wildman–Crippen LogP) is 5.03. The van der Waals surface area contributed by atoms with Gasteiger partial charge in [-0.15, -0.1) is 0 Å². The van der Waals surface area contributed by atoms with Crippen molar-refractivity contribution in [1.29, 1.82) is 0 Å². The second-order valence-electron chi connectivity index (χ2n) is 9.73. The highest BCUT2D eigenvalue weighted by molar-refractivity contribution is 6.33. The molecule has 1 N–H and O–H groups in total. The first-order chi connectivity index (χ1) is 18.0. The van der Waals surface area contributed by atoms with Crippen molar-refractivity contribution in [3.8, 4) is 5.75 Å². The van der Waals surface area contributed by atoms with Gasteiger partial charge < -0.3 is 15.0 Å². The number of carbonyl (C=O) groups is 2. The van der Waals surface area contributed by atoms with Crippen LogP contribution in [0.25, 0.3) is 0 Å². The van der Waals surface area contributed by atoms with Gasteiger partial charge in [0.25, 0.3) is 0 Å². The summed E-state index contributed by atoms with van der Waals surface area (Å²) in [6.07, 6.45) is 1.83. The van der Waals surface area contributed by atoms with E-state index >= 15 is 0 Å². The van der Waals surface area contributed by atoms with E-state index in [1.165, 1.54) is 5.56 Å². The maximum Gasteiger partial charge on any atom is 0.192 e. The summed E-state index contributed by atoms with van der Waals surface area (Å²) >= 11 is 0. The number of aryl methyl sites for hydroxylation is 1. The number of nitrogens with one attached hydrogen (secondary N) is 1. The Hall–Kier alpha value is -4.29. The number of benzene rings is 3. The number of carbonyl (C=O) groups excluding carboxylic acids is 2. The van der Waals surface area contributed by atoms with E-state index in [4.69, 9.17) is 9.73 Å². The zero-order valence-corrected chi connectivity index (χ0v) is 20.8. The number of nitrogens with zero attached hydrogens (tertiary/aromatic N) is 2. The summed E-state index contributed by atoms with van der Waals surface area (Å²) in [5.41, 5.74) is 5.38. The summed E-state index contributed by atoms with van der Waals surface area (Å²) in [6, 6.07) is 23.1. The van der Waals surface area contributed by atoms with Crippen molar-refractivity contribution >= 4 is 23.0 Å².